The first-order valence-corrected chi connectivity index (χ1v) is 5.88. The number of nitrogens with zero attached hydrogens (tertiary/aromatic N) is 1. The number of aromatic nitrogens is 1. The van der Waals surface area contributed by atoms with Crippen molar-refractivity contribution in [1.29, 1.82) is 0 Å². The fourth-order valence-corrected chi connectivity index (χ4v) is 2.27. The second kappa shape index (κ2) is 5.05. The highest BCUT2D eigenvalue weighted by atomic mass is 32.1. The second-order valence-corrected chi connectivity index (χ2v) is 4.37. The SMILES string of the molecule is CNCc1nc(Cc2ccccc2)cs1. The third-order valence-electron chi connectivity index (χ3n) is 2.16. The van der Waals surface area contributed by atoms with Gasteiger partial charge in [0.25, 0.3) is 0 Å². The van der Waals surface area contributed by atoms with Crippen molar-refractivity contribution in [2.75, 3.05) is 7.05 Å². The van der Waals surface area contributed by atoms with E-state index in [0.29, 0.717) is 0 Å². The van der Waals surface area contributed by atoms with Gasteiger partial charge in [-0.3, -0.25) is 0 Å². The van der Waals surface area contributed by atoms with Crippen LogP contribution >= 0.6 is 11.3 Å². The quantitative estimate of drug-likeness (QED) is 0.852. The summed E-state index contributed by atoms with van der Waals surface area (Å²) in [5.74, 6) is 0. The first kappa shape index (κ1) is 10.3. The molecule has 0 aliphatic rings. The van der Waals surface area contributed by atoms with Crippen LogP contribution in [0.5, 0.6) is 0 Å². The van der Waals surface area contributed by atoms with Crippen molar-refractivity contribution >= 4 is 11.3 Å². The van der Waals surface area contributed by atoms with Crippen LogP contribution in [0.4, 0.5) is 0 Å². The molecule has 78 valence electrons. The maximum atomic E-state index is 4.55. The highest BCUT2D eigenvalue weighted by Gasteiger charge is 2.01. The Morgan fingerprint density at radius 2 is 2.07 bits per heavy atom. The zero-order valence-corrected chi connectivity index (χ0v) is 9.55. The van der Waals surface area contributed by atoms with E-state index >= 15 is 0 Å². The summed E-state index contributed by atoms with van der Waals surface area (Å²) in [6.45, 7) is 0.861. The molecule has 1 aromatic carbocycles. The van der Waals surface area contributed by atoms with Crippen LogP contribution in [0.1, 0.15) is 16.3 Å². The molecule has 0 amide bonds. The van der Waals surface area contributed by atoms with Gasteiger partial charge in [0.05, 0.1) is 5.69 Å². The van der Waals surface area contributed by atoms with Crippen molar-refractivity contribution in [3.63, 3.8) is 0 Å². The summed E-state index contributed by atoms with van der Waals surface area (Å²) in [5.41, 5.74) is 2.48. The minimum absolute atomic E-state index is 0.861. The Hall–Kier alpha value is -1.19. The van der Waals surface area contributed by atoms with Crippen LogP contribution in [0.25, 0.3) is 0 Å². The molecule has 0 fully saturated rings. The summed E-state index contributed by atoms with van der Waals surface area (Å²) >= 11 is 1.72. The van der Waals surface area contributed by atoms with Gasteiger partial charge in [-0.2, -0.15) is 0 Å². The fourth-order valence-electron chi connectivity index (χ4n) is 1.47. The lowest BCUT2D eigenvalue weighted by molar-refractivity contribution is 0.805. The Morgan fingerprint density at radius 3 is 2.80 bits per heavy atom. The molecule has 0 radical (unpaired) electrons. The minimum atomic E-state index is 0.861. The maximum Gasteiger partial charge on any atom is 0.107 e. The molecule has 1 aromatic heterocycles. The van der Waals surface area contributed by atoms with Crippen LogP contribution < -0.4 is 5.32 Å². The molecule has 0 atom stereocenters. The molecule has 2 nitrogen and oxygen atoms in total. The summed E-state index contributed by atoms with van der Waals surface area (Å²) in [5, 5.41) is 6.40. The Labute approximate surface area is 94.0 Å². The van der Waals surface area contributed by atoms with Crippen molar-refractivity contribution in [2.24, 2.45) is 0 Å². The van der Waals surface area contributed by atoms with E-state index in [4.69, 9.17) is 0 Å². The normalized spacial score (nSPS) is 10.5. The van der Waals surface area contributed by atoms with Gasteiger partial charge in [0, 0.05) is 18.3 Å². The second-order valence-electron chi connectivity index (χ2n) is 3.43. The van der Waals surface area contributed by atoms with Crippen molar-refractivity contribution < 1.29 is 0 Å². The standard InChI is InChI=1S/C12H14N2S/c1-13-8-12-14-11(9-15-12)7-10-5-3-2-4-6-10/h2-6,9,13H,7-8H2,1H3. The Bertz CT molecular complexity index is 409. The lowest BCUT2D eigenvalue weighted by atomic mass is 10.1. The molecule has 0 saturated carbocycles. The van der Waals surface area contributed by atoms with Crippen LogP contribution in [0.15, 0.2) is 35.7 Å². The number of hydrogen-bond acceptors (Lipinski definition) is 3. The van der Waals surface area contributed by atoms with E-state index < -0.39 is 0 Å². The number of rotatable bonds is 4. The highest BCUT2D eigenvalue weighted by molar-refractivity contribution is 7.09. The molecule has 1 N–H and O–H groups in total. The number of benzene rings is 1. The van der Waals surface area contributed by atoms with Gasteiger partial charge in [-0.15, -0.1) is 11.3 Å². The fraction of sp³-hybridized carbons (Fsp3) is 0.250. The van der Waals surface area contributed by atoms with Crippen molar-refractivity contribution in [1.82, 2.24) is 10.3 Å². The van der Waals surface area contributed by atoms with Crippen molar-refractivity contribution in [2.45, 2.75) is 13.0 Å². The summed E-state index contributed by atoms with van der Waals surface area (Å²) in [6, 6.07) is 10.4. The summed E-state index contributed by atoms with van der Waals surface area (Å²) in [7, 11) is 1.94. The van der Waals surface area contributed by atoms with Crippen LogP contribution in [-0.4, -0.2) is 12.0 Å². The highest BCUT2D eigenvalue weighted by Crippen LogP contribution is 2.13. The largest absolute Gasteiger partial charge is 0.314 e. The van der Waals surface area contributed by atoms with E-state index in [1.54, 1.807) is 11.3 Å². The summed E-state index contributed by atoms with van der Waals surface area (Å²) in [6.07, 6.45) is 0.932. The van der Waals surface area contributed by atoms with E-state index in [-0.39, 0.29) is 0 Å². The molecule has 0 aliphatic carbocycles. The molecule has 3 heteroatoms. The molecule has 0 spiro atoms. The van der Waals surface area contributed by atoms with Crippen LogP contribution in [0.2, 0.25) is 0 Å². The van der Waals surface area contributed by atoms with Gasteiger partial charge in [-0.25, -0.2) is 4.98 Å². The molecule has 2 aromatic rings. The molecular weight excluding hydrogens is 204 g/mol. The molecule has 15 heavy (non-hydrogen) atoms. The van der Waals surface area contributed by atoms with E-state index in [0.717, 1.165) is 23.7 Å². The van der Waals surface area contributed by atoms with Gasteiger partial charge in [0.15, 0.2) is 0 Å². The predicted octanol–water partition coefficient (Wildman–Crippen LogP) is 2.45. The first-order valence-electron chi connectivity index (χ1n) is 5.00. The molecule has 2 rings (SSSR count). The zero-order valence-electron chi connectivity index (χ0n) is 8.73. The van der Waals surface area contributed by atoms with E-state index in [1.807, 2.05) is 13.1 Å². The predicted molar refractivity (Wildman–Crippen MR) is 64.1 cm³/mol. The molecule has 0 aliphatic heterocycles. The molecule has 0 bridgehead atoms. The van der Waals surface area contributed by atoms with Crippen molar-refractivity contribution in [3.05, 3.63) is 52.0 Å². The lowest BCUT2D eigenvalue weighted by Crippen LogP contribution is -2.04. The van der Waals surface area contributed by atoms with Crippen molar-refractivity contribution in [3.8, 4) is 0 Å². The monoisotopic (exact) mass is 218 g/mol. The lowest BCUT2D eigenvalue weighted by Gasteiger charge is -1.96. The number of hydrogen-bond donors (Lipinski definition) is 1. The van der Waals surface area contributed by atoms with E-state index in [2.05, 4.69) is 39.9 Å². The molecule has 0 saturated heterocycles. The number of thiazole rings is 1. The molecule has 1 heterocycles. The third-order valence-corrected chi connectivity index (χ3v) is 3.05. The van der Waals surface area contributed by atoms with Gasteiger partial charge >= 0.3 is 0 Å². The topological polar surface area (TPSA) is 24.9 Å². The molecular formula is C12H14N2S. The van der Waals surface area contributed by atoms with Gasteiger partial charge in [0.2, 0.25) is 0 Å². The van der Waals surface area contributed by atoms with Gasteiger partial charge < -0.3 is 5.32 Å². The summed E-state index contributed by atoms with van der Waals surface area (Å²) < 4.78 is 0. The van der Waals surface area contributed by atoms with Gasteiger partial charge in [-0.05, 0) is 12.6 Å². The minimum Gasteiger partial charge on any atom is -0.314 e. The van der Waals surface area contributed by atoms with Crippen LogP contribution in [0, 0.1) is 0 Å². The Kier molecular flexibility index (Phi) is 3.48. The molecule has 0 unspecified atom stereocenters. The Balaban J connectivity index is 2.05. The van der Waals surface area contributed by atoms with E-state index in [1.165, 1.54) is 5.56 Å². The third kappa shape index (κ3) is 2.88. The average Bonchev–Trinajstić information content (AvgIpc) is 2.68. The summed E-state index contributed by atoms with van der Waals surface area (Å²) in [4.78, 5) is 4.55. The van der Waals surface area contributed by atoms with Crippen LogP contribution in [0.3, 0.4) is 0 Å². The van der Waals surface area contributed by atoms with E-state index in [9.17, 15) is 0 Å². The van der Waals surface area contributed by atoms with Gasteiger partial charge in [0.1, 0.15) is 5.01 Å². The van der Waals surface area contributed by atoms with Crippen LogP contribution in [-0.2, 0) is 13.0 Å². The Morgan fingerprint density at radius 1 is 1.27 bits per heavy atom. The zero-order chi connectivity index (χ0) is 10.5. The average molecular weight is 218 g/mol. The smallest absolute Gasteiger partial charge is 0.107 e. The van der Waals surface area contributed by atoms with Gasteiger partial charge in [-0.1, -0.05) is 30.3 Å². The maximum absolute atomic E-state index is 4.55. The first-order chi connectivity index (χ1) is 7.38. The number of nitrogens with one attached hydrogen (secondary N) is 1.